The summed E-state index contributed by atoms with van der Waals surface area (Å²) in [6, 6.07) is 18.5. The Morgan fingerprint density at radius 1 is 0.911 bits per heavy atom. The van der Waals surface area contributed by atoms with Gasteiger partial charge in [0.15, 0.2) is 0 Å². The van der Waals surface area contributed by atoms with Crippen LogP contribution in [-0.4, -0.2) is 92.5 Å². The number of ketones is 1. The molecule has 1 atom stereocenters. The second kappa shape index (κ2) is 19.1. The van der Waals surface area contributed by atoms with Gasteiger partial charge in [0.05, 0.1) is 43.5 Å². The Hall–Kier alpha value is -3.58. The van der Waals surface area contributed by atoms with Crippen LogP contribution in [0.1, 0.15) is 59.1 Å². The molecular formula is C33H47ClN4O7. The number of aliphatic hydroxyl groups is 3. The van der Waals surface area contributed by atoms with Gasteiger partial charge in [-0.15, -0.1) is 12.4 Å². The first-order valence-electron chi connectivity index (χ1n) is 14.7. The fraction of sp³-hybridized carbons (Fsp3) is 0.424. The number of aliphatic carboxylic acids is 1. The SMILES string of the molecule is CCN(CC)CC(=O)Nc1c(C)cccc1C.Cl.NC(CO)(CO)CO.O=C(c1ccccc1)c1ccc2n1CCC2C(=O)O. The number of benzene rings is 2. The van der Waals surface area contributed by atoms with Gasteiger partial charge in [-0.3, -0.25) is 19.3 Å². The molecule has 0 radical (unpaired) electrons. The Bertz CT molecular complexity index is 1340. The monoisotopic (exact) mass is 646 g/mol. The summed E-state index contributed by atoms with van der Waals surface area (Å²) in [7, 11) is 0. The zero-order valence-electron chi connectivity index (χ0n) is 26.4. The lowest BCUT2D eigenvalue weighted by Gasteiger charge is -2.20. The van der Waals surface area contributed by atoms with Gasteiger partial charge in [0.2, 0.25) is 11.7 Å². The van der Waals surface area contributed by atoms with E-state index in [0.717, 1.165) is 35.6 Å². The molecule has 4 rings (SSSR count). The summed E-state index contributed by atoms with van der Waals surface area (Å²) in [5.74, 6) is -1.31. The zero-order valence-corrected chi connectivity index (χ0v) is 27.2. The second-order valence-corrected chi connectivity index (χ2v) is 10.8. The van der Waals surface area contributed by atoms with Crippen molar-refractivity contribution in [1.29, 1.82) is 0 Å². The molecule has 1 aliphatic heterocycles. The lowest BCUT2D eigenvalue weighted by molar-refractivity contribution is -0.138. The number of aromatic nitrogens is 1. The molecule has 45 heavy (non-hydrogen) atoms. The number of nitrogens with two attached hydrogens (primary N) is 1. The maximum Gasteiger partial charge on any atom is 0.312 e. The number of para-hydroxylation sites is 1. The third kappa shape index (κ3) is 11.1. The van der Waals surface area contributed by atoms with Crippen molar-refractivity contribution in [3.05, 3.63) is 88.7 Å². The number of nitrogens with one attached hydrogen (secondary N) is 1. The lowest BCUT2D eigenvalue weighted by atomic mass is 10.1. The number of hydrogen-bond donors (Lipinski definition) is 6. The third-order valence-corrected chi connectivity index (χ3v) is 7.53. The summed E-state index contributed by atoms with van der Waals surface area (Å²) in [5, 5.41) is 37.1. The normalized spacial score (nSPS) is 13.4. The molecule has 0 aliphatic carbocycles. The predicted octanol–water partition coefficient (Wildman–Crippen LogP) is 2.96. The number of halogens is 1. The van der Waals surface area contributed by atoms with E-state index >= 15 is 0 Å². The van der Waals surface area contributed by atoms with Crippen molar-refractivity contribution in [2.75, 3.05) is 44.8 Å². The van der Waals surface area contributed by atoms with Gasteiger partial charge < -0.3 is 36.0 Å². The molecular weight excluding hydrogens is 600 g/mol. The molecule has 0 bridgehead atoms. The van der Waals surface area contributed by atoms with Crippen molar-refractivity contribution in [2.45, 2.75) is 52.1 Å². The van der Waals surface area contributed by atoms with Gasteiger partial charge in [0.25, 0.3) is 0 Å². The number of nitrogens with zero attached hydrogens (tertiary/aromatic N) is 2. The van der Waals surface area contributed by atoms with E-state index in [4.69, 9.17) is 26.2 Å². The number of anilines is 1. The number of likely N-dealkylation sites (N-methyl/N-ethyl adjacent to an activating group) is 1. The van der Waals surface area contributed by atoms with E-state index in [1.807, 2.05) is 54.8 Å². The number of carboxylic acid groups (broad SMARTS) is 1. The van der Waals surface area contributed by atoms with E-state index in [-0.39, 0.29) is 24.1 Å². The molecule has 1 aliphatic rings. The van der Waals surface area contributed by atoms with E-state index in [1.165, 1.54) is 0 Å². The minimum absolute atomic E-state index is 0. The fourth-order valence-corrected chi connectivity index (χ4v) is 4.62. The number of fused-ring (bicyclic) bond motifs is 1. The number of amides is 1. The molecule has 2 heterocycles. The molecule has 248 valence electrons. The van der Waals surface area contributed by atoms with Crippen LogP contribution in [-0.2, 0) is 16.1 Å². The van der Waals surface area contributed by atoms with E-state index < -0.39 is 37.2 Å². The standard InChI is InChI=1S/C15H13NO3.C14H22N2O.C4H11NO3.ClH/c17-14(10-4-2-1-3-5-10)13-7-6-12-11(15(18)19)8-9-16(12)13;1-5-16(6-2)10-13(17)15-14-11(3)8-7-9-12(14)4;5-4(1-6,2-7)3-8;/h1-7,11H,8-9H2,(H,18,19);7-9H,5-6,10H2,1-4H3,(H,15,17);6-8H,1-3,5H2;1H. The number of hydrogen-bond acceptors (Lipinski definition) is 8. The van der Waals surface area contributed by atoms with Crippen molar-refractivity contribution >= 4 is 35.8 Å². The highest BCUT2D eigenvalue weighted by atomic mass is 35.5. The molecule has 1 aromatic heterocycles. The van der Waals surface area contributed by atoms with Crippen molar-refractivity contribution in [3.63, 3.8) is 0 Å². The summed E-state index contributed by atoms with van der Waals surface area (Å²) in [6.45, 7) is 9.80. The van der Waals surface area contributed by atoms with Gasteiger partial charge in [0.1, 0.15) is 0 Å². The van der Waals surface area contributed by atoms with Gasteiger partial charge in [-0.25, -0.2) is 0 Å². The molecule has 0 fully saturated rings. The minimum atomic E-state index is -1.21. The number of carbonyl (C=O) groups excluding carboxylic acids is 2. The van der Waals surface area contributed by atoms with Crippen LogP contribution in [0.5, 0.6) is 0 Å². The number of aryl methyl sites for hydroxylation is 2. The number of rotatable bonds is 11. The average Bonchev–Trinajstić information content (AvgIpc) is 3.65. The van der Waals surface area contributed by atoms with Crippen LogP contribution < -0.4 is 11.1 Å². The molecule has 1 unspecified atom stereocenters. The highest BCUT2D eigenvalue weighted by molar-refractivity contribution is 6.08. The predicted molar refractivity (Wildman–Crippen MR) is 177 cm³/mol. The van der Waals surface area contributed by atoms with Crippen molar-refractivity contribution in [1.82, 2.24) is 9.47 Å². The average molecular weight is 647 g/mol. The van der Waals surface area contributed by atoms with Gasteiger partial charge in [0, 0.05) is 23.5 Å². The highest BCUT2D eigenvalue weighted by Gasteiger charge is 2.31. The molecule has 0 spiro atoms. The first-order valence-corrected chi connectivity index (χ1v) is 14.7. The van der Waals surface area contributed by atoms with Crippen LogP contribution in [0.3, 0.4) is 0 Å². The highest BCUT2D eigenvalue weighted by Crippen LogP contribution is 2.31. The maximum atomic E-state index is 12.4. The molecule has 12 heteroatoms. The Morgan fingerprint density at radius 2 is 1.47 bits per heavy atom. The quantitative estimate of drug-likeness (QED) is 0.171. The van der Waals surface area contributed by atoms with E-state index in [0.29, 0.717) is 30.8 Å². The summed E-state index contributed by atoms with van der Waals surface area (Å²) in [5.41, 5.74) is 9.03. The summed E-state index contributed by atoms with van der Waals surface area (Å²) in [6.07, 6.45) is 0.556. The molecule has 0 saturated carbocycles. The van der Waals surface area contributed by atoms with Crippen molar-refractivity contribution in [3.8, 4) is 0 Å². The number of aliphatic hydroxyl groups excluding tert-OH is 3. The maximum absolute atomic E-state index is 12.4. The molecule has 3 aromatic rings. The van der Waals surface area contributed by atoms with Crippen LogP contribution in [0.4, 0.5) is 5.69 Å². The van der Waals surface area contributed by atoms with E-state index in [2.05, 4.69) is 24.1 Å². The zero-order chi connectivity index (χ0) is 32.9. The third-order valence-electron chi connectivity index (χ3n) is 7.53. The smallest absolute Gasteiger partial charge is 0.312 e. The first-order chi connectivity index (χ1) is 20.9. The largest absolute Gasteiger partial charge is 0.481 e. The molecule has 0 saturated heterocycles. The van der Waals surface area contributed by atoms with Gasteiger partial charge >= 0.3 is 5.97 Å². The number of carboxylic acids is 1. The Balaban J connectivity index is 0.000000361. The lowest BCUT2D eigenvalue weighted by Crippen LogP contribution is -2.50. The second-order valence-electron chi connectivity index (χ2n) is 10.8. The summed E-state index contributed by atoms with van der Waals surface area (Å²) >= 11 is 0. The van der Waals surface area contributed by atoms with E-state index in [9.17, 15) is 14.4 Å². The summed E-state index contributed by atoms with van der Waals surface area (Å²) in [4.78, 5) is 37.5. The number of carbonyl (C=O) groups is 3. The molecule has 7 N–H and O–H groups in total. The van der Waals surface area contributed by atoms with Crippen LogP contribution in [0.2, 0.25) is 0 Å². The Kier molecular flexibility index (Phi) is 16.7. The topological polar surface area (TPSA) is 178 Å². The van der Waals surface area contributed by atoms with Crippen LogP contribution in [0, 0.1) is 13.8 Å². The summed E-state index contributed by atoms with van der Waals surface area (Å²) < 4.78 is 1.83. The molecule has 2 aromatic carbocycles. The van der Waals surface area contributed by atoms with Gasteiger partial charge in [-0.2, -0.15) is 0 Å². The minimum Gasteiger partial charge on any atom is -0.481 e. The van der Waals surface area contributed by atoms with Gasteiger partial charge in [-0.1, -0.05) is 62.4 Å². The van der Waals surface area contributed by atoms with E-state index in [1.54, 1.807) is 24.3 Å². The van der Waals surface area contributed by atoms with Crippen LogP contribution >= 0.6 is 12.4 Å². The van der Waals surface area contributed by atoms with Gasteiger partial charge in [-0.05, 0) is 56.6 Å². The van der Waals surface area contributed by atoms with Crippen LogP contribution in [0.15, 0.2) is 60.7 Å². The Labute approximate surface area is 271 Å². The van der Waals surface area contributed by atoms with Crippen LogP contribution in [0.25, 0.3) is 0 Å². The molecule has 11 nitrogen and oxygen atoms in total. The van der Waals surface area contributed by atoms with Crippen molar-refractivity contribution in [2.24, 2.45) is 5.73 Å². The fourth-order valence-electron chi connectivity index (χ4n) is 4.62. The molecule has 1 amide bonds. The Morgan fingerprint density at radius 3 is 1.93 bits per heavy atom. The first kappa shape index (κ1) is 39.4. The van der Waals surface area contributed by atoms with Crippen molar-refractivity contribution < 1.29 is 34.8 Å².